The van der Waals surface area contributed by atoms with Gasteiger partial charge in [-0.25, -0.2) is 10.5 Å². The molecular weight excluding hydrogens is 438 g/mol. The normalized spacial score (nSPS) is 21.8. The molecule has 0 radical (unpaired) electrons. The molecule has 2 aliphatic heterocycles. The van der Waals surface area contributed by atoms with Crippen LogP contribution in [0.3, 0.4) is 0 Å². The maximum Gasteiger partial charge on any atom is 0.282 e. The summed E-state index contributed by atoms with van der Waals surface area (Å²) in [7, 11) is -3.74. The van der Waals surface area contributed by atoms with Crippen LogP contribution in [0.25, 0.3) is 5.69 Å². The second kappa shape index (κ2) is 9.70. The number of carbonyl (C=O) groups is 1. The minimum Gasteiger partial charge on any atom is -0.306 e. The summed E-state index contributed by atoms with van der Waals surface area (Å²) in [4.78, 5) is 17.2. The van der Waals surface area contributed by atoms with E-state index in [4.69, 9.17) is 5.21 Å². The first-order valence-corrected chi connectivity index (χ1v) is 12.7. The zero-order chi connectivity index (χ0) is 21.8. The van der Waals surface area contributed by atoms with E-state index in [2.05, 4.69) is 17.1 Å². The highest BCUT2D eigenvalue weighted by molar-refractivity contribution is 8.00. The lowest BCUT2D eigenvalue weighted by molar-refractivity contribution is -0.134. The van der Waals surface area contributed by atoms with E-state index in [9.17, 15) is 13.2 Å². The van der Waals surface area contributed by atoms with Crippen LogP contribution in [0.15, 0.2) is 47.9 Å². The summed E-state index contributed by atoms with van der Waals surface area (Å²) in [6.45, 7) is 1.16. The number of hydrogen-bond donors (Lipinski definition) is 2. The van der Waals surface area contributed by atoms with Crippen LogP contribution in [-0.4, -0.2) is 68.6 Å². The molecule has 9 nitrogen and oxygen atoms in total. The zero-order valence-electron chi connectivity index (χ0n) is 17.1. The molecule has 1 aromatic heterocycles. The molecule has 2 aliphatic rings. The van der Waals surface area contributed by atoms with Crippen molar-refractivity contribution in [3.05, 3.63) is 43.0 Å². The van der Waals surface area contributed by atoms with Crippen molar-refractivity contribution in [1.82, 2.24) is 23.6 Å². The summed E-state index contributed by atoms with van der Waals surface area (Å²) in [5.41, 5.74) is 2.66. The molecule has 1 unspecified atom stereocenters. The average Bonchev–Trinajstić information content (AvgIpc) is 3.34. The van der Waals surface area contributed by atoms with Gasteiger partial charge in [-0.2, -0.15) is 17.0 Å². The van der Waals surface area contributed by atoms with Crippen LogP contribution in [-0.2, 0) is 15.0 Å². The Balaban J connectivity index is 1.35. The number of amides is 1. The van der Waals surface area contributed by atoms with E-state index in [1.807, 2.05) is 22.9 Å². The molecule has 1 atom stereocenters. The molecular formula is C20H27N5O4S2. The number of rotatable bonds is 6. The van der Waals surface area contributed by atoms with Crippen molar-refractivity contribution in [1.29, 1.82) is 0 Å². The third kappa shape index (κ3) is 4.96. The Labute approximate surface area is 186 Å². The third-order valence-corrected chi connectivity index (χ3v) is 9.23. The molecule has 4 rings (SSSR count). The smallest absolute Gasteiger partial charge is 0.282 e. The molecule has 0 aliphatic carbocycles. The van der Waals surface area contributed by atoms with Crippen LogP contribution in [0.1, 0.15) is 32.1 Å². The summed E-state index contributed by atoms with van der Waals surface area (Å²) in [5.74, 6) is -0.659. The Kier molecular flexibility index (Phi) is 6.97. The van der Waals surface area contributed by atoms with E-state index in [0.29, 0.717) is 31.3 Å². The first kappa shape index (κ1) is 22.3. The summed E-state index contributed by atoms with van der Waals surface area (Å²) in [6.07, 6.45) is 8.80. The maximum absolute atomic E-state index is 13.2. The van der Waals surface area contributed by atoms with Gasteiger partial charge in [0, 0.05) is 47.9 Å². The minimum absolute atomic E-state index is 0.304. The SMILES string of the molecule is O=C(NO)C1CCCCN1S(=O)(=O)N1CCC(Sc2ccc(-n3ccnc3)cc2)CC1. The molecule has 0 saturated carbocycles. The number of hydroxylamine groups is 1. The molecule has 0 spiro atoms. The number of nitrogens with zero attached hydrogens (tertiary/aromatic N) is 4. The van der Waals surface area contributed by atoms with Crippen molar-refractivity contribution in [2.45, 2.75) is 48.3 Å². The molecule has 2 aromatic rings. The van der Waals surface area contributed by atoms with Crippen molar-refractivity contribution >= 4 is 27.9 Å². The van der Waals surface area contributed by atoms with E-state index in [0.717, 1.165) is 36.3 Å². The van der Waals surface area contributed by atoms with Gasteiger partial charge in [-0.3, -0.25) is 10.0 Å². The van der Waals surface area contributed by atoms with Crippen LogP contribution >= 0.6 is 11.8 Å². The summed E-state index contributed by atoms with van der Waals surface area (Å²) in [5, 5.41) is 9.32. The molecule has 2 saturated heterocycles. The average molecular weight is 466 g/mol. The molecule has 11 heteroatoms. The molecule has 168 valence electrons. The Morgan fingerprint density at radius 1 is 1.10 bits per heavy atom. The van der Waals surface area contributed by atoms with E-state index in [1.165, 1.54) is 8.61 Å². The highest BCUT2D eigenvalue weighted by Crippen LogP contribution is 2.33. The highest BCUT2D eigenvalue weighted by Gasteiger charge is 2.41. The highest BCUT2D eigenvalue weighted by atomic mass is 32.2. The first-order chi connectivity index (χ1) is 15.0. The largest absolute Gasteiger partial charge is 0.306 e. The van der Waals surface area contributed by atoms with Crippen molar-refractivity contribution in [2.75, 3.05) is 19.6 Å². The van der Waals surface area contributed by atoms with Crippen molar-refractivity contribution in [3.8, 4) is 5.69 Å². The number of imidazole rings is 1. The topological polar surface area (TPSA) is 108 Å². The fourth-order valence-electron chi connectivity index (χ4n) is 4.15. The predicted molar refractivity (Wildman–Crippen MR) is 117 cm³/mol. The molecule has 0 bridgehead atoms. The van der Waals surface area contributed by atoms with E-state index in [-0.39, 0.29) is 0 Å². The summed E-state index contributed by atoms with van der Waals surface area (Å²) >= 11 is 1.77. The monoisotopic (exact) mass is 465 g/mol. The first-order valence-electron chi connectivity index (χ1n) is 10.4. The number of carbonyl (C=O) groups excluding carboxylic acids is 1. The van der Waals surface area contributed by atoms with Crippen LogP contribution in [0, 0.1) is 0 Å². The minimum atomic E-state index is -3.74. The number of aromatic nitrogens is 2. The summed E-state index contributed by atoms with van der Waals surface area (Å²) in [6, 6.07) is 7.41. The molecule has 3 heterocycles. The quantitative estimate of drug-likeness (QED) is 0.499. The Morgan fingerprint density at radius 2 is 1.84 bits per heavy atom. The zero-order valence-corrected chi connectivity index (χ0v) is 18.8. The van der Waals surface area contributed by atoms with Gasteiger partial charge in [-0.15, -0.1) is 11.8 Å². The van der Waals surface area contributed by atoms with Gasteiger partial charge in [0.2, 0.25) is 0 Å². The third-order valence-electron chi connectivity index (χ3n) is 5.83. The number of piperidine rings is 2. The van der Waals surface area contributed by atoms with Crippen LogP contribution < -0.4 is 5.48 Å². The molecule has 1 amide bonds. The molecule has 2 N–H and O–H groups in total. The van der Waals surface area contributed by atoms with Crippen molar-refractivity contribution in [2.24, 2.45) is 0 Å². The fourth-order valence-corrected chi connectivity index (χ4v) is 7.12. The number of hydrogen-bond acceptors (Lipinski definition) is 6. The lowest BCUT2D eigenvalue weighted by Gasteiger charge is -2.39. The molecule has 31 heavy (non-hydrogen) atoms. The van der Waals surface area contributed by atoms with Crippen molar-refractivity contribution < 1.29 is 18.4 Å². The van der Waals surface area contributed by atoms with Gasteiger partial charge in [-0.05, 0) is 49.9 Å². The van der Waals surface area contributed by atoms with E-state index < -0.39 is 22.2 Å². The Hall–Kier alpha value is -1.92. The Bertz CT molecular complexity index is 974. The van der Waals surface area contributed by atoms with Gasteiger partial charge >= 0.3 is 0 Å². The number of thioether (sulfide) groups is 1. The maximum atomic E-state index is 13.2. The van der Waals surface area contributed by atoms with Crippen molar-refractivity contribution in [3.63, 3.8) is 0 Å². The number of benzene rings is 1. The standard InChI is InChI=1S/C20H27N5O4S2/c26-20(22-27)19-3-1-2-11-25(19)31(28,29)24-12-8-18(9-13-24)30-17-6-4-16(5-7-17)23-14-10-21-15-23/h4-7,10,14-15,18-19,27H,1-3,8-9,11-13H2,(H,22,26). The van der Waals surface area contributed by atoms with Gasteiger partial charge in [-0.1, -0.05) is 6.42 Å². The van der Waals surface area contributed by atoms with Gasteiger partial charge in [0.15, 0.2) is 0 Å². The predicted octanol–water partition coefficient (Wildman–Crippen LogP) is 2.03. The van der Waals surface area contributed by atoms with E-state index in [1.54, 1.807) is 29.8 Å². The van der Waals surface area contributed by atoms with Gasteiger partial charge in [0.25, 0.3) is 16.1 Å². The molecule has 1 aromatic carbocycles. The van der Waals surface area contributed by atoms with Gasteiger partial charge in [0.1, 0.15) is 6.04 Å². The van der Waals surface area contributed by atoms with Crippen LogP contribution in [0.4, 0.5) is 0 Å². The summed E-state index contributed by atoms with van der Waals surface area (Å²) < 4.78 is 31.0. The van der Waals surface area contributed by atoms with E-state index >= 15 is 0 Å². The lowest BCUT2D eigenvalue weighted by Crippen LogP contribution is -2.56. The van der Waals surface area contributed by atoms with Crippen LogP contribution in [0.5, 0.6) is 0 Å². The van der Waals surface area contributed by atoms with Gasteiger partial charge < -0.3 is 4.57 Å². The second-order valence-electron chi connectivity index (χ2n) is 7.79. The molecule has 2 fully saturated rings. The lowest BCUT2D eigenvalue weighted by atomic mass is 10.0. The second-order valence-corrected chi connectivity index (χ2v) is 11.0. The Morgan fingerprint density at radius 3 is 2.48 bits per heavy atom. The van der Waals surface area contributed by atoms with Gasteiger partial charge in [0.05, 0.1) is 6.33 Å². The number of nitrogens with one attached hydrogen (secondary N) is 1. The fraction of sp³-hybridized carbons (Fsp3) is 0.500. The van der Waals surface area contributed by atoms with Crippen LogP contribution in [0.2, 0.25) is 0 Å².